The fourth-order valence-corrected chi connectivity index (χ4v) is 2.34. The van der Waals surface area contributed by atoms with E-state index in [0.29, 0.717) is 12.0 Å². The Morgan fingerprint density at radius 3 is 2.43 bits per heavy atom. The Labute approximate surface area is 127 Å². The van der Waals surface area contributed by atoms with Crippen LogP contribution in [-0.4, -0.2) is 40.7 Å². The second-order valence-corrected chi connectivity index (χ2v) is 5.74. The molecule has 1 aromatic rings. The number of rotatable bonds is 6. The predicted octanol–water partition coefficient (Wildman–Crippen LogP) is 2.86. The van der Waals surface area contributed by atoms with Gasteiger partial charge in [0.1, 0.15) is 0 Å². The van der Waals surface area contributed by atoms with Gasteiger partial charge in [-0.1, -0.05) is 19.8 Å². The van der Waals surface area contributed by atoms with Gasteiger partial charge in [0.25, 0.3) is 0 Å². The molecule has 1 N–H and O–H groups in total. The van der Waals surface area contributed by atoms with Gasteiger partial charge in [0.2, 0.25) is 11.9 Å². The van der Waals surface area contributed by atoms with Crippen LogP contribution in [0.4, 0.5) is 11.9 Å². The fraction of sp³-hybridized carbons (Fsp3) is 0.800. The smallest absolute Gasteiger partial charge is 0.323 e. The highest BCUT2D eigenvalue weighted by Crippen LogP contribution is 2.19. The molecule has 1 aliphatic heterocycles. The average molecular weight is 293 g/mol. The summed E-state index contributed by atoms with van der Waals surface area (Å²) in [6, 6.07) is 0.415. The van der Waals surface area contributed by atoms with Crippen molar-refractivity contribution >= 4 is 11.9 Å². The predicted molar refractivity (Wildman–Crippen MR) is 85.1 cm³/mol. The Morgan fingerprint density at radius 2 is 1.81 bits per heavy atom. The van der Waals surface area contributed by atoms with Gasteiger partial charge >= 0.3 is 6.01 Å². The lowest BCUT2D eigenvalue weighted by molar-refractivity contribution is 0.222. The molecule has 0 atom stereocenters. The first-order valence-electron chi connectivity index (χ1n) is 8.10. The molecule has 2 heterocycles. The zero-order valence-electron chi connectivity index (χ0n) is 13.4. The zero-order chi connectivity index (χ0) is 15.1. The van der Waals surface area contributed by atoms with Gasteiger partial charge in [-0.3, -0.25) is 0 Å². The second-order valence-electron chi connectivity index (χ2n) is 5.74. The van der Waals surface area contributed by atoms with Crippen LogP contribution in [0, 0.1) is 0 Å². The second kappa shape index (κ2) is 8.00. The fourth-order valence-electron chi connectivity index (χ4n) is 2.34. The van der Waals surface area contributed by atoms with E-state index >= 15 is 0 Å². The Balaban J connectivity index is 2.20. The van der Waals surface area contributed by atoms with E-state index in [9.17, 15) is 0 Å². The number of hydrogen-bond acceptors (Lipinski definition) is 6. The van der Waals surface area contributed by atoms with Gasteiger partial charge in [-0.25, -0.2) is 0 Å². The summed E-state index contributed by atoms with van der Waals surface area (Å²) < 4.78 is 5.67. The lowest BCUT2D eigenvalue weighted by atomic mass is 10.2. The highest BCUT2D eigenvalue weighted by atomic mass is 16.5. The van der Waals surface area contributed by atoms with Gasteiger partial charge in [0.15, 0.2) is 0 Å². The maximum absolute atomic E-state index is 5.67. The Kier molecular flexibility index (Phi) is 6.02. The minimum Gasteiger partial charge on any atom is -0.461 e. The molecule has 1 saturated heterocycles. The number of aromatic nitrogens is 3. The molecule has 118 valence electrons. The Bertz CT molecular complexity index is 430. The molecule has 0 radical (unpaired) electrons. The van der Waals surface area contributed by atoms with Gasteiger partial charge < -0.3 is 15.0 Å². The minimum atomic E-state index is 0.0587. The maximum Gasteiger partial charge on any atom is 0.323 e. The molecule has 0 unspecified atom stereocenters. The molecule has 0 aliphatic carbocycles. The first kappa shape index (κ1) is 15.8. The molecule has 1 aromatic heterocycles. The average Bonchev–Trinajstić information content (AvgIpc) is 2.73. The van der Waals surface area contributed by atoms with Crippen LogP contribution in [0.15, 0.2) is 0 Å². The van der Waals surface area contributed by atoms with Crippen molar-refractivity contribution in [1.82, 2.24) is 15.0 Å². The summed E-state index contributed by atoms with van der Waals surface area (Å²) in [4.78, 5) is 15.6. The molecular formula is C15H27N5O. The summed E-state index contributed by atoms with van der Waals surface area (Å²) >= 11 is 0. The van der Waals surface area contributed by atoms with Crippen LogP contribution < -0.4 is 15.0 Å². The van der Waals surface area contributed by atoms with Crippen molar-refractivity contribution in [3.05, 3.63) is 0 Å². The van der Waals surface area contributed by atoms with E-state index in [1.54, 1.807) is 0 Å². The van der Waals surface area contributed by atoms with Crippen molar-refractivity contribution in [2.75, 3.05) is 29.9 Å². The third-order valence-electron chi connectivity index (χ3n) is 3.37. The molecule has 6 nitrogen and oxygen atoms in total. The van der Waals surface area contributed by atoms with Crippen molar-refractivity contribution in [1.29, 1.82) is 0 Å². The summed E-state index contributed by atoms with van der Waals surface area (Å²) in [5.41, 5.74) is 0. The van der Waals surface area contributed by atoms with Gasteiger partial charge in [0.05, 0.1) is 6.10 Å². The molecule has 0 saturated carbocycles. The zero-order valence-corrected chi connectivity index (χ0v) is 13.4. The third kappa shape index (κ3) is 5.02. The molecule has 1 fully saturated rings. The summed E-state index contributed by atoms with van der Waals surface area (Å²) in [7, 11) is 0. The van der Waals surface area contributed by atoms with Gasteiger partial charge in [-0.2, -0.15) is 15.0 Å². The summed E-state index contributed by atoms with van der Waals surface area (Å²) in [6.45, 7) is 8.96. The van der Waals surface area contributed by atoms with E-state index in [1.165, 1.54) is 25.7 Å². The number of hydrogen-bond donors (Lipinski definition) is 1. The van der Waals surface area contributed by atoms with Crippen molar-refractivity contribution in [3.8, 4) is 6.01 Å². The number of nitrogens with zero attached hydrogens (tertiary/aromatic N) is 4. The highest BCUT2D eigenvalue weighted by Gasteiger charge is 2.16. The molecular weight excluding hydrogens is 266 g/mol. The van der Waals surface area contributed by atoms with Crippen LogP contribution >= 0.6 is 0 Å². The van der Waals surface area contributed by atoms with E-state index in [2.05, 4.69) is 32.1 Å². The third-order valence-corrected chi connectivity index (χ3v) is 3.37. The van der Waals surface area contributed by atoms with Crippen LogP contribution in [0.3, 0.4) is 0 Å². The van der Waals surface area contributed by atoms with Crippen LogP contribution in [0.1, 0.15) is 52.9 Å². The number of nitrogens with one attached hydrogen (secondary N) is 1. The van der Waals surface area contributed by atoms with E-state index < -0.39 is 0 Å². The van der Waals surface area contributed by atoms with Crippen LogP contribution in [0.2, 0.25) is 0 Å². The lowest BCUT2D eigenvalue weighted by Gasteiger charge is -2.21. The van der Waals surface area contributed by atoms with E-state index in [-0.39, 0.29) is 6.10 Å². The maximum atomic E-state index is 5.67. The van der Waals surface area contributed by atoms with Crippen molar-refractivity contribution in [3.63, 3.8) is 0 Å². The summed E-state index contributed by atoms with van der Waals surface area (Å²) in [5.74, 6) is 1.35. The largest absolute Gasteiger partial charge is 0.461 e. The molecule has 0 aromatic carbocycles. The SMILES string of the molecule is CCCNc1nc(OC(C)C)nc(N2CCCCCC2)n1. The van der Waals surface area contributed by atoms with Crippen molar-refractivity contribution in [2.45, 2.75) is 59.0 Å². The minimum absolute atomic E-state index is 0.0587. The molecule has 21 heavy (non-hydrogen) atoms. The summed E-state index contributed by atoms with van der Waals surface area (Å²) in [6.07, 6.45) is 6.07. The van der Waals surface area contributed by atoms with Crippen LogP contribution in [0.25, 0.3) is 0 Å². The quantitative estimate of drug-likeness (QED) is 0.870. The van der Waals surface area contributed by atoms with Gasteiger partial charge in [-0.05, 0) is 33.1 Å². The molecule has 6 heteroatoms. The Hall–Kier alpha value is -1.59. The standard InChI is InChI=1S/C15H27N5O/c1-4-9-16-13-17-14(19-15(18-13)21-12(2)3)20-10-7-5-6-8-11-20/h12H,4-11H2,1-3H3,(H,16,17,18,19). The van der Waals surface area contributed by atoms with Gasteiger partial charge in [0, 0.05) is 19.6 Å². The Morgan fingerprint density at radius 1 is 1.10 bits per heavy atom. The first-order chi connectivity index (χ1) is 10.2. The molecule has 0 spiro atoms. The van der Waals surface area contributed by atoms with Crippen molar-refractivity contribution in [2.24, 2.45) is 0 Å². The van der Waals surface area contributed by atoms with E-state index in [0.717, 1.165) is 32.0 Å². The molecule has 2 rings (SSSR count). The summed E-state index contributed by atoms with van der Waals surface area (Å²) in [5, 5.41) is 3.23. The van der Waals surface area contributed by atoms with E-state index in [4.69, 9.17) is 4.74 Å². The first-order valence-corrected chi connectivity index (χ1v) is 8.10. The molecule has 0 amide bonds. The lowest BCUT2D eigenvalue weighted by Crippen LogP contribution is -2.27. The normalized spacial score (nSPS) is 15.9. The highest BCUT2D eigenvalue weighted by molar-refractivity contribution is 5.38. The van der Waals surface area contributed by atoms with Crippen molar-refractivity contribution < 1.29 is 4.74 Å². The van der Waals surface area contributed by atoms with E-state index in [1.807, 2.05) is 13.8 Å². The molecule has 0 bridgehead atoms. The number of anilines is 2. The van der Waals surface area contributed by atoms with Crippen LogP contribution in [-0.2, 0) is 0 Å². The van der Waals surface area contributed by atoms with Gasteiger partial charge in [-0.15, -0.1) is 0 Å². The molecule has 1 aliphatic rings. The topological polar surface area (TPSA) is 63.2 Å². The monoisotopic (exact) mass is 293 g/mol. The van der Waals surface area contributed by atoms with Crippen LogP contribution in [0.5, 0.6) is 6.01 Å². The number of ether oxygens (including phenoxy) is 1.